The smallest absolute Gasteiger partial charge is 0.211 e. The molecular weight excluding hydrogens is 142 g/mol. The zero-order valence-electron chi connectivity index (χ0n) is 4.72. The SMILES string of the molecule is CCC(N=C=O)[SiH2]Cl. The molecule has 0 aromatic rings. The molecular formula is C4H8ClNOSi. The van der Waals surface area contributed by atoms with Crippen LogP contribution in [0, 0.1) is 0 Å². The molecule has 0 aliphatic heterocycles. The quantitative estimate of drug-likeness (QED) is 0.247. The Bertz CT molecular complexity index is 98.2. The van der Waals surface area contributed by atoms with Gasteiger partial charge in [-0.3, -0.25) is 0 Å². The summed E-state index contributed by atoms with van der Waals surface area (Å²) in [4.78, 5) is 13.1. The number of isocyanates is 1. The Morgan fingerprint density at radius 3 is 2.75 bits per heavy atom. The van der Waals surface area contributed by atoms with Crippen LogP contribution in [0.5, 0.6) is 0 Å². The summed E-state index contributed by atoms with van der Waals surface area (Å²) >= 11 is 5.51. The Hall–Kier alpha value is -0.113. The van der Waals surface area contributed by atoms with E-state index < -0.39 is 8.83 Å². The minimum atomic E-state index is -0.640. The van der Waals surface area contributed by atoms with Crippen molar-refractivity contribution >= 4 is 26.0 Å². The number of carbonyl (C=O) groups excluding carboxylic acids is 1. The van der Waals surface area contributed by atoms with Crippen LogP contribution in [0.2, 0.25) is 0 Å². The highest BCUT2D eigenvalue weighted by molar-refractivity contribution is 6.94. The summed E-state index contributed by atoms with van der Waals surface area (Å²) in [7, 11) is -0.640. The number of hydrogen-bond donors (Lipinski definition) is 0. The van der Waals surface area contributed by atoms with E-state index in [4.69, 9.17) is 11.1 Å². The minimum Gasteiger partial charge on any atom is -0.211 e. The van der Waals surface area contributed by atoms with Gasteiger partial charge in [0, 0.05) is 0 Å². The Labute approximate surface area is 55.5 Å². The van der Waals surface area contributed by atoms with Gasteiger partial charge < -0.3 is 0 Å². The molecule has 0 bridgehead atoms. The van der Waals surface area contributed by atoms with Gasteiger partial charge in [-0.25, -0.2) is 9.79 Å². The highest BCUT2D eigenvalue weighted by atomic mass is 35.6. The third-order valence-corrected chi connectivity index (χ3v) is 3.07. The van der Waals surface area contributed by atoms with Crippen LogP contribution < -0.4 is 0 Å². The minimum absolute atomic E-state index is 0.106. The molecule has 1 unspecified atom stereocenters. The molecule has 0 radical (unpaired) electrons. The van der Waals surface area contributed by atoms with Crippen molar-refractivity contribution in [1.82, 2.24) is 0 Å². The van der Waals surface area contributed by atoms with E-state index >= 15 is 0 Å². The summed E-state index contributed by atoms with van der Waals surface area (Å²) < 4.78 is 0. The largest absolute Gasteiger partial charge is 0.234 e. The van der Waals surface area contributed by atoms with Crippen molar-refractivity contribution in [3.8, 4) is 0 Å². The summed E-state index contributed by atoms with van der Waals surface area (Å²) in [5.74, 6) is 0. The van der Waals surface area contributed by atoms with Gasteiger partial charge in [-0.2, -0.15) is 11.1 Å². The highest BCUT2D eigenvalue weighted by Crippen LogP contribution is 1.94. The fourth-order valence-corrected chi connectivity index (χ4v) is 1.53. The van der Waals surface area contributed by atoms with Gasteiger partial charge in [0.2, 0.25) is 6.08 Å². The van der Waals surface area contributed by atoms with E-state index in [1.807, 2.05) is 6.92 Å². The molecule has 0 heterocycles. The van der Waals surface area contributed by atoms with Crippen LogP contribution in [-0.4, -0.2) is 20.6 Å². The molecule has 1 atom stereocenters. The lowest BCUT2D eigenvalue weighted by molar-refractivity contribution is 0.561. The van der Waals surface area contributed by atoms with Crippen LogP contribution in [-0.2, 0) is 4.79 Å². The predicted molar refractivity (Wildman–Crippen MR) is 36.6 cm³/mol. The normalized spacial score (nSPS) is 13.8. The van der Waals surface area contributed by atoms with Gasteiger partial charge in [-0.05, 0) is 6.42 Å². The van der Waals surface area contributed by atoms with Gasteiger partial charge in [0.25, 0.3) is 0 Å². The fraction of sp³-hybridized carbons (Fsp3) is 0.750. The molecule has 0 saturated carbocycles. The molecule has 0 aromatic carbocycles. The molecule has 0 aliphatic carbocycles. The Morgan fingerprint density at radius 2 is 2.62 bits per heavy atom. The van der Waals surface area contributed by atoms with E-state index in [-0.39, 0.29) is 5.67 Å². The molecule has 0 fully saturated rings. The molecule has 0 saturated heterocycles. The number of nitrogens with zero attached hydrogens (tertiary/aromatic N) is 1. The number of hydrogen-bond acceptors (Lipinski definition) is 2. The number of halogens is 1. The standard InChI is InChI=1S/C4H8ClNOSi/c1-2-4(8-5)6-3-7/h4H,2,8H2,1H3. The van der Waals surface area contributed by atoms with Crippen molar-refractivity contribution in [2.45, 2.75) is 19.0 Å². The average molecular weight is 150 g/mol. The summed E-state index contributed by atoms with van der Waals surface area (Å²) in [6.45, 7) is 1.96. The van der Waals surface area contributed by atoms with Crippen molar-refractivity contribution in [1.29, 1.82) is 0 Å². The van der Waals surface area contributed by atoms with Crippen LogP contribution in [0.4, 0.5) is 0 Å². The van der Waals surface area contributed by atoms with Gasteiger partial charge in [0.1, 0.15) is 0 Å². The van der Waals surface area contributed by atoms with Crippen LogP contribution in [0.25, 0.3) is 0 Å². The lowest BCUT2D eigenvalue weighted by Gasteiger charge is -1.96. The van der Waals surface area contributed by atoms with Crippen molar-refractivity contribution in [3.63, 3.8) is 0 Å². The first-order valence-corrected chi connectivity index (χ1v) is 5.43. The molecule has 8 heavy (non-hydrogen) atoms. The van der Waals surface area contributed by atoms with E-state index in [0.717, 1.165) is 6.42 Å². The molecule has 0 N–H and O–H groups in total. The Morgan fingerprint density at radius 1 is 2.00 bits per heavy atom. The second kappa shape index (κ2) is 5.03. The van der Waals surface area contributed by atoms with E-state index in [9.17, 15) is 4.79 Å². The van der Waals surface area contributed by atoms with Crippen LogP contribution in [0.3, 0.4) is 0 Å². The van der Waals surface area contributed by atoms with E-state index in [0.29, 0.717) is 0 Å². The zero-order chi connectivity index (χ0) is 6.41. The van der Waals surface area contributed by atoms with Gasteiger partial charge >= 0.3 is 0 Å². The van der Waals surface area contributed by atoms with Gasteiger partial charge in [-0.1, -0.05) is 6.92 Å². The molecule has 0 rings (SSSR count). The van der Waals surface area contributed by atoms with E-state index in [2.05, 4.69) is 4.99 Å². The average Bonchev–Trinajstić information content (AvgIpc) is 1.83. The van der Waals surface area contributed by atoms with Crippen molar-refractivity contribution in [2.24, 2.45) is 4.99 Å². The summed E-state index contributed by atoms with van der Waals surface area (Å²) in [6, 6.07) is 0. The van der Waals surface area contributed by atoms with Crippen LogP contribution in [0.15, 0.2) is 4.99 Å². The monoisotopic (exact) mass is 149 g/mol. The molecule has 0 aliphatic rings. The first-order valence-electron chi connectivity index (χ1n) is 2.48. The second-order valence-corrected chi connectivity index (χ2v) is 3.61. The second-order valence-electron chi connectivity index (χ2n) is 1.44. The van der Waals surface area contributed by atoms with Gasteiger partial charge in [0.05, 0.1) is 5.67 Å². The summed E-state index contributed by atoms with van der Waals surface area (Å²) in [5, 5.41) is 0. The van der Waals surface area contributed by atoms with Crippen molar-refractivity contribution in [3.05, 3.63) is 0 Å². The predicted octanol–water partition coefficient (Wildman–Crippen LogP) is 0.381. The molecule has 0 spiro atoms. The van der Waals surface area contributed by atoms with Gasteiger partial charge in [-0.15, -0.1) is 0 Å². The van der Waals surface area contributed by atoms with Crippen molar-refractivity contribution in [2.75, 3.05) is 0 Å². The number of rotatable bonds is 3. The van der Waals surface area contributed by atoms with Crippen LogP contribution >= 0.6 is 11.1 Å². The maximum absolute atomic E-state index is 9.60. The summed E-state index contributed by atoms with van der Waals surface area (Å²) in [5.41, 5.74) is 0.106. The molecule has 2 nitrogen and oxygen atoms in total. The lowest BCUT2D eigenvalue weighted by atomic mass is 10.5. The molecule has 0 amide bonds. The molecule has 46 valence electrons. The Kier molecular flexibility index (Phi) is 4.96. The first-order chi connectivity index (χ1) is 3.85. The third-order valence-electron chi connectivity index (χ3n) is 0.885. The highest BCUT2D eigenvalue weighted by Gasteiger charge is 1.99. The topological polar surface area (TPSA) is 29.4 Å². The Balaban J connectivity index is 3.52. The third kappa shape index (κ3) is 2.96. The number of aliphatic imine (C=N–C) groups is 1. The van der Waals surface area contributed by atoms with E-state index in [1.165, 1.54) is 6.08 Å². The lowest BCUT2D eigenvalue weighted by Crippen LogP contribution is -2.06. The van der Waals surface area contributed by atoms with E-state index in [1.54, 1.807) is 0 Å². The van der Waals surface area contributed by atoms with Gasteiger partial charge in [0.15, 0.2) is 8.83 Å². The maximum atomic E-state index is 9.60. The molecule has 0 aromatic heterocycles. The zero-order valence-corrected chi connectivity index (χ0v) is 6.90. The maximum Gasteiger partial charge on any atom is 0.234 e. The van der Waals surface area contributed by atoms with Crippen molar-refractivity contribution < 1.29 is 4.79 Å². The summed E-state index contributed by atoms with van der Waals surface area (Å²) in [6.07, 6.45) is 2.36. The first kappa shape index (κ1) is 7.89. The molecule has 4 heteroatoms. The van der Waals surface area contributed by atoms with Crippen LogP contribution in [0.1, 0.15) is 13.3 Å². The fourth-order valence-electron chi connectivity index (χ4n) is 0.309.